The first kappa shape index (κ1) is 19.2. The van der Waals surface area contributed by atoms with Crippen LogP contribution in [0.1, 0.15) is 65.0 Å². The minimum atomic E-state index is -0.344. The summed E-state index contributed by atoms with van der Waals surface area (Å²) in [4.78, 5) is 0. The van der Waals surface area contributed by atoms with Crippen molar-refractivity contribution in [3.63, 3.8) is 0 Å². The summed E-state index contributed by atoms with van der Waals surface area (Å²) in [6.45, 7) is 13.1. The maximum atomic E-state index is 6.60. The first-order chi connectivity index (χ1) is 12.2. The van der Waals surface area contributed by atoms with Crippen LogP contribution in [0.3, 0.4) is 0 Å². The fourth-order valence-corrected chi connectivity index (χ4v) is 4.11. The van der Waals surface area contributed by atoms with E-state index in [2.05, 4.69) is 102 Å². The summed E-state index contributed by atoms with van der Waals surface area (Å²) >= 11 is 0. The van der Waals surface area contributed by atoms with Crippen LogP contribution in [0.5, 0.6) is 0 Å². The van der Waals surface area contributed by atoms with Crippen LogP contribution in [0.2, 0.25) is 0 Å². The molecule has 1 heterocycles. The first-order valence-electron chi connectivity index (χ1n) is 9.71. The van der Waals surface area contributed by atoms with E-state index < -0.39 is 0 Å². The maximum absolute atomic E-state index is 6.60. The van der Waals surface area contributed by atoms with Gasteiger partial charge < -0.3 is 9.31 Å². The monoisotopic (exact) mass is 350 g/mol. The second-order valence-electron chi connectivity index (χ2n) is 8.48. The molecule has 138 valence electrons. The van der Waals surface area contributed by atoms with Crippen LogP contribution >= 0.6 is 0 Å². The standard InChI is InChI=1S/C23H31BO2/c1-7-23(20-16-12-9-13-17-20,18(2)19-14-10-8-11-15-19)24-25-21(3,4)22(5,6)26-24/h8-18H,7H2,1-6H3/t18-,23+/m0/s1. The van der Waals surface area contributed by atoms with Gasteiger partial charge in [0.1, 0.15) is 0 Å². The quantitative estimate of drug-likeness (QED) is 0.638. The van der Waals surface area contributed by atoms with Gasteiger partial charge in [-0.2, -0.15) is 0 Å². The Labute approximate surface area is 159 Å². The van der Waals surface area contributed by atoms with Crippen molar-refractivity contribution < 1.29 is 9.31 Å². The molecule has 1 aliphatic rings. The third-order valence-electron chi connectivity index (χ3n) is 6.64. The van der Waals surface area contributed by atoms with E-state index in [1.54, 1.807) is 0 Å². The van der Waals surface area contributed by atoms with Crippen molar-refractivity contribution >= 4 is 7.12 Å². The summed E-state index contributed by atoms with van der Waals surface area (Å²) < 4.78 is 13.2. The lowest BCUT2D eigenvalue weighted by molar-refractivity contribution is 0.00578. The lowest BCUT2D eigenvalue weighted by Gasteiger charge is -2.41. The molecule has 2 nitrogen and oxygen atoms in total. The van der Waals surface area contributed by atoms with Crippen molar-refractivity contribution in [3.8, 4) is 0 Å². The van der Waals surface area contributed by atoms with E-state index in [-0.39, 0.29) is 29.6 Å². The zero-order valence-electron chi connectivity index (χ0n) is 17.0. The van der Waals surface area contributed by atoms with Crippen molar-refractivity contribution in [1.82, 2.24) is 0 Å². The van der Waals surface area contributed by atoms with E-state index in [9.17, 15) is 0 Å². The molecule has 0 aliphatic carbocycles. The molecule has 0 radical (unpaired) electrons. The molecule has 2 aromatic rings. The molecule has 1 saturated heterocycles. The van der Waals surface area contributed by atoms with Gasteiger partial charge in [0.2, 0.25) is 0 Å². The molecule has 0 aromatic heterocycles. The fourth-order valence-electron chi connectivity index (χ4n) is 4.11. The van der Waals surface area contributed by atoms with Crippen LogP contribution in [0.15, 0.2) is 60.7 Å². The molecule has 0 N–H and O–H groups in total. The molecular weight excluding hydrogens is 319 g/mol. The number of hydrogen-bond donors (Lipinski definition) is 0. The predicted molar refractivity (Wildman–Crippen MR) is 109 cm³/mol. The molecule has 3 heteroatoms. The molecule has 0 amide bonds. The molecule has 0 spiro atoms. The van der Waals surface area contributed by atoms with Gasteiger partial charge in [0, 0.05) is 5.31 Å². The van der Waals surface area contributed by atoms with E-state index in [1.165, 1.54) is 11.1 Å². The largest absolute Gasteiger partial charge is 0.469 e. The molecule has 2 aromatic carbocycles. The summed E-state index contributed by atoms with van der Waals surface area (Å²) in [6, 6.07) is 21.4. The summed E-state index contributed by atoms with van der Waals surface area (Å²) in [5.41, 5.74) is 1.90. The minimum absolute atomic E-state index is 0.255. The Bertz CT molecular complexity index is 710. The molecule has 2 atom stereocenters. The molecule has 1 aliphatic heterocycles. The summed E-state index contributed by atoms with van der Waals surface area (Å²) in [5.74, 6) is 0.255. The van der Waals surface area contributed by atoms with Crippen LogP contribution in [-0.2, 0) is 14.6 Å². The normalized spacial score (nSPS) is 22.0. The van der Waals surface area contributed by atoms with Crippen LogP contribution in [0, 0.1) is 0 Å². The third-order valence-corrected chi connectivity index (χ3v) is 6.64. The highest BCUT2D eigenvalue weighted by Crippen LogP contribution is 2.50. The van der Waals surface area contributed by atoms with Gasteiger partial charge in [0.15, 0.2) is 0 Å². The number of rotatable bonds is 5. The Hall–Kier alpha value is -1.58. The van der Waals surface area contributed by atoms with Crippen molar-refractivity contribution in [3.05, 3.63) is 71.8 Å². The molecule has 1 fully saturated rings. The number of hydrogen-bond acceptors (Lipinski definition) is 2. The van der Waals surface area contributed by atoms with Gasteiger partial charge in [-0.1, -0.05) is 74.5 Å². The topological polar surface area (TPSA) is 18.5 Å². The van der Waals surface area contributed by atoms with Gasteiger partial charge in [-0.15, -0.1) is 0 Å². The number of benzene rings is 2. The van der Waals surface area contributed by atoms with Crippen LogP contribution in [0.4, 0.5) is 0 Å². The summed E-state index contributed by atoms with van der Waals surface area (Å²) in [6.07, 6.45) is 0.934. The van der Waals surface area contributed by atoms with E-state index in [4.69, 9.17) is 9.31 Å². The van der Waals surface area contributed by atoms with Gasteiger partial charge >= 0.3 is 7.12 Å². The van der Waals surface area contributed by atoms with Crippen molar-refractivity contribution in [2.24, 2.45) is 0 Å². The molecule has 0 bridgehead atoms. The first-order valence-corrected chi connectivity index (χ1v) is 9.71. The van der Waals surface area contributed by atoms with Crippen LogP contribution < -0.4 is 0 Å². The summed E-state index contributed by atoms with van der Waals surface area (Å²) in [7, 11) is -0.296. The van der Waals surface area contributed by atoms with E-state index in [0.717, 1.165) is 6.42 Å². The predicted octanol–water partition coefficient (Wildman–Crippen LogP) is 5.77. The van der Waals surface area contributed by atoms with Gasteiger partial charge in [0.25, 0.3) is 0 Å². The lowest BCUT2D eigenvalue weighted by atomic mass is 9.46. The minimum Gasteiger partial charge on any atom is -0.403 e. The lowest BCUT2D eigenvalue weighted by Crippen LogP contribution is -2.49. The highest BCUT2D eigenvalue weighted by Gasteiger charge is 2.61. The maximum Gasteiger partial charge on any atom is 0.469 e. The van der Waals surface area contributed by atoms with E-state index >= 15 is 0 Å². The fraction of sp³-hybridized carbons (Fsp3) is 0.478. The molecule has 0 saturated carbocycles. The van der Waals surface area contributed by atoms with Crippen molar-refractivity contribution in [2.45, 2.75) is 70.4 Å². The molecule has 26 heavy (non-hydrogen) atoms. The van der Waals surface area contributed by atoms with Crippen molar-refractivity contribution in [1.29, 1.82) is 0 Å². The Morgan fingerprint density at radius 2 is 1.31 bits per heavy atom. The van der Waals surface area contributed by atoms with Gasteiger partial charge in [-0.05, 0) is 51.2 Å². The Morgan fingerprint density at radius 1 is 0.846 bits per heavy atom. The van der Waals surface area contributed by atoms with Gasteiger partial charge in [-0.3, -0.25) is 0 Å². The van der Waals surface area contributed by atoms with Crippen LogP contribution in [0.25, 0.3) is 0 Å². The van der Waals surface area contributed by atoms with Gasteiger partial charge in [0.05, 0.1) is 11.2 Å². The second kappa shape index (κ2) is 6.86. The van der Waals surface area contributed by atoms with Crippen LogP contribution in [-0.4, -0.2) is 18.3 Å². The Balaban J connectivity index is 2.14. The highest BCUT2D eigenvalue weighted by atomic mass is 16.7. The molecular formula is C23H31BO2. The highest BCUT2D eigenvalue weighted by molar-refractivity contribution is 6.50. The summed E-state index contributed by atoms with van der Waals surface area (Å²) in [5, 5.41) is -0.256. The Kier molecular flexibility index (Phi) is 5.07. The van der Waals surface area contributed by atoms with Gasteiger partial charge in [-0.25, -0.2) is 0 Å². The van der Waals surface area contributed by atoms with E-state index in [0.29, 0.717) is 0 Å². The Morgan fingerprint density at radius 3 is 1.77 bits per heavy atom. The third kappa shape index (κ3) is 3.02. The molecule has 3 rings (SSSR count). The molecule has 0 unspecified atom stereocenters. The SMILES string of the molecule is CC[C@](B1OC(C)(C)C(C)(C)O1)(c1ccccc1)[C@@H](C)c1ccccc1. The zero-order chi connectivity index (χ0) is 19.0. The van der Waals surface area contributed by atoms with Crippen molar-refractivity contribution in [2.75, 3.05) is 0 Å². The average molecular weight is 350 g/mol. The smallest absolute Gasteiger partial charge is 0.403 e. The average Bonchev–Trinajstić information content (AvgIpc) is 2.85. The zero-order valence-corrected chi connectivity index (χ0v) is 17.0. The van der Waals surface area contributed by atoms with E-state index in [1.807, 2.05) is 0 Å². The second-order valence-corrected chi connectivity index (χ2v) is 8.48.